The van der Waals surface area contributed by atoms with Crippen LogP contribution in [0.2, 0.25) is 0 Å². The van der Waals surface area contributed by atoms with E-state index < -0.39 is 0 Å². The van der Waals surface area contributed by atoms with E-state index in [1.807, 2.05) is 30.3 Å². The van der Waals surface area contributed by atoms with Crippen LogP contribution in [0.15, 0.2) is 247 Å². The highest BCUT2D eigenvalue weighted by molar-refractivity contribution is 6.30. The lowest BCUT2D eigenvalue weighted by atomic mass is 9.91. The van der Waals surface area contributed by atoms with Crippen LogP contribution >= 0.6 is 0 Å². The van der Waals surface area contributed by atoms with E-state index in [4.69, 9.17) is 19.4 Å². The van der Waals surface area contributed by atoms with Crippen LogP contribution in [0.1, 0.15) is 0 Å². The molecule has 0 bridgehead atoms. The van der Waals surface area contributed by atoms with Gasteiger partial charge in [0, 0.05) is 71.2 Å². The Morgan fingerprint density at radius 3 is 1.60 bits per heavy atom. The predicted octanol–water partition coefficient (Wildman–Crippen LogP) is 17.2. The molecule has 326 valence electrons. The van der Waals surface area contributed by atoms with Gasteiger partial charge in [0.05, 0.1) is 33.6 Å². The van der Waals surface area contributed by atoms with Crippen molar-refractivity contribution in [3.05, 3.63) is 243 Å². The summed E-state index contributed by atoms with van der Waals surface area (Å²) in [6, 6.07) is 85.4. The smallest absolute Gasteiger partial charge is 0.160 e. The predicted molar refractivity (Wildman–Crippen MR) is 289 cm³/mol. The van der Waals surface area contributed by atoms with Crippen LogP contribution in [0.5, 0.6) is 0 Å². The summed E-state index contributed by atoms with van der Waals surface area (Å²) in [7, 11) is 0. The van der Waals surface area contributed by atoms with Gasteiger partial charge in [-0.25, -0.2) is 15.0 Å². The number of hydrogen-bond donors (Lipinski definition) is 0. The number of aromatic nitrogens is 4. The molecule has 14 aromatic rings. The van der Waals surface area contributed by atoms with Gasteiger partial charge in [0.2, 0.25) is 0 Å². The highest BCUT2D eigenvalue weighted by Crippen LogP contribution is 2.46. The van der Waals surface area contributed by atoms with E-state index >= 15 is 0 Å². The molecule has 0 saturated carbocycles. The molecule has 0 aliphatic heterocycles. The van der Waals surface area contributed by atoms with Gasteiger partial charge in [-0.05, 0) is 71.3 Å². The van der Waals surface area contributed by atoms with Crippen molar-refractivity contribution in [1.82, 2.24) is 19.5 Å². The standard InChI is InChI=1S/C65H40N4O/c1-4-16-41(17-5-1)42-28-32-44(33-29-42)56-40-57(68-65(67-56)46-18-6-2-7-19-46)45-34-30-43(31-35-45)52-39-54-61(62-51-24-12-15-27-60(51)70-64(52)62)50-23-10-13-25-55(50)66-63(54)47-36-37-59-53(38-47)49-22-11-14-26-58(49)69(59)48-20-8-3-9-21-48/h1-40H. The van der Waals surface area contributed by atoms with Gasteiger partial charge < -0.3 is 8.98 Å². The largest absolute Gasteiger partial charge is 0.455 e. The number of para-hydroxylation sites is 4. The fourth-order valence-corrected chi connectivity index (χ4v) is 10.5. The van der Waals surface area contributed by atoms with E-state index in [0.717, 1.165) is 111 Å². The van der Waals surface area contributed by atoms with Crippen LogP contribution in [-0.2, 0) is 0 Å². The fraction of sp³-hybridized carbons (Fsp3) is 0. The Morgan fingerprint density at radius 2 is 0.871 bits per heavy atom. The summed E-state index contributed by atoms with van der Waals surface area (Å²) in [5, 5.41) is 7.82. The number of fused-ring (bicyclic) bond motifs is 10. The molecule has 4 heterocycles. The lowest BCUT2D eigenvalue weighted by Crippen LogP contribution is -1.96. The molecule has 0 spiro atoms. The van der Waals surface area contributed by atoms with Crippen LogP contribution in [0.25, 0.3) is 139 Å². The third-order valence-corrected chi connectivity index (χ3v) is 13.8. The van der Waals surface area contributed by atoms with Gasteiger partial charge >= 0.3 is 0 Å². The van der Waals surface area contributed by atoms with Crippen LogP contribution in [-0.4, -0.2) is 19.5 Å². The van der Waals surface area contributed by atoms with E-state index in [1.54, 1.807) is 0 Å². The van der Waals surface area contributed by atoms with Crippen molar-refractivity contribution in [2.24, 2.45) is 0 Å². The topological polar surface area (TPSA) is 56.7 Å². The molecule has 0 saturated heterocycles. The molecule has 0 fully saturated rings. The van der Waals surface area contributed by atoms with Crippen molar-refractivity contribution in [1.29, 1.82) is 0 Å². The molecule has 5 nitrogen and oxygen atoms in total. The molecule has 0 aliphatic rings. The van der Waals surface area contributed by atoms with E-state index in [0.29, 0.717) is 5.82 Å². The minimum atomic E-state index is 0.679. The number of pyridine rings is 1. The van der Waals surface area contributed by atoms with E-state index in [-0.39, 0.29) is 0 Å². The highest BCUT2D eigenvalue weighted by Gasteiger charge is 2.23. The Balaban J connectivity index is 0.953. The Kier molecular flexibility index (Phi) is 9.14. The molecule has 5 heteroatoms. The second-order valence-electron chi connectivity index (χ2n) is 17.9. The zero-order chi connectivity index (χ0) is 46.1. The first-order chi connectivity index (χ1) is 34.7. The summed E-state index contributed by atoms with van der Waals surface area (Å²) >= 11 is 0. The van der Waals surface area contributed by atoms with Gasteiger partial charge in [-0.15, -0.1) is 0 Å². The van der Waals surface area contributed by atoms with Gasteiger partial charge in [-0.2, -0.15) is 0 Å². The van der Waals surface area contributed by atoms with Gasteiger partial charge in [-0.1, -0.05) is 188 Å². The third kappa shape index (κ3) is 6.51. The Hall–Kier alpha value is -9.45. The van der Waals surface area contributed by atoms with Crippen molar-refractivity contribution in [3.63, 3.8) is 0 Å². The lowest BCUT2D eigenvalue weighted by Gasteiger charge is -2.15. The van der Waals surface area contributed by atoms with Crippen LogP contribution in [0.3, 0.4) is 0 Å². The second-order valence-corrected chi connectivity index (χ2v) is 17.9. The minimum absolute atomic E-state index is 0.679. The number of rotatable bonds is 7. The van der Waals surface area contributed by atoms with Crippen LogP contribution in [0.4, 0.5) is 0 Å². The third-order valence-electron chi connectivity index (χ3n) is 13.8. The summed E-state index contributed by atoms with van der Waals surface area (Å²) in [6.07, 6.45) is 0. The van der Waals surface area contributed by atoms with Crippen molar-refractivity contribution >= 4 is 65.4 Å². The molecule has 10 aromatic carbocycles. The molecule has 0 radical (unpaired) electrons. The first-order valence-electron chi connectivity index (χ1n) is 23.7. The quantitative estimate of drug-likeness (QED) is 0.150. The number of hydrogen-bond acceptors (Lipinski definition) is 4. The van der Waals surface area contributed by atoms with Gasteiger partial charge in [0.1, 0.15) is 11.2 Å². The molecule has 70 heavy (non-hydrogen) atoms. The highest BCUT2D eigenvalue weighted by atomic mass is 16.3. The van der Waals surface area contributed by atoms with Crippen LogP contribution in [0, 0.1) is 0 Å². The van der Waals surface area contributed by atoms with E-state index in [2.05, 4.69) is 217 Å². The molecular weight excluding hydrogens is 853 g/mol. The monoisotopic (exact) mass is 892 g/mol. The molecule has 4 aromatic heterocycles. The molecule has 0 atom stereocenters. The molecular formula is C65H40N4O. The molecule has 0 aliphatic carbocycles. The van der Waals surface area contributed by atoms with Crippen molar-refractivity contribution in [3.8, 4) is 73.1 Å². The lowest BCUT2D eigenvalue weighted by molar-refractivity contribution is 0.670. The Morgan fingerprint density at radius 1 is 0.329 bits per heavy atom. The molecule has 0 N–H and O–H groups in total. The maximum absolute atomic E-state index is 6.93. The maximum atomic E-state index is 6.93. The average Bonchev–Trinajstić information content (AvgIpc) is 3.99. The molecule has 0 unspecified atom stereocenters. The maximum Gasteiger partial charge on any atom is 0.160 e. The zero-order valence-corrected chi connectivity index (χ0v) is 37.8. The van der Waals surface area contributed by atoms with Crippen LogP contribution < -0.4 is 0 Å². The molecule has 14 rings (SSSR count). The summed E-state index contributed by atoms with van der Waals surface area (Å²) in [5.74, 6) is 0.679. The summed E-state index contributed by atoms with van der Waals surface area (Å²) in [5.41, 5.74) is 17.1. The normalized spacial score (nSPS) is 11.7. The zero-order valence-electron chi connectivity index (χ0n) is 37.8. The summed E-state index contributed by atoms with van der Waals surface area (Å²) < 4.78 is 9.29. The van der Waals surface area contributed by atoms with Crippen molar-refractivity contribution < 1.29 is 4.42 Å². The summed E-state index contributed by atoms with van der Waals surface area (Å²) in [4.78, 5) is 15.8. The van der Waals surface area contributed by atoms with Gasteiger partial charge in [0.25, 0.3) is 0 Å². The number of nitrogens with zero attached hydrogens (tertiary/aromatic N) is 4. The first-order valence-corrected chi connectivity index (χ1v) is 23.7. The van der Waals surface area contributed by atoms with Crippen molar-refractivity contribution in [2.75, 3.05) is 0 Å². The van der Waals surface area contributed by atoms with Gasteiger partial charge in [-0.3, -0.25) is 0 Å². The average molecular weight is 893 g/mol. The Bertz CT molecular complexity index is 4310. The van der Waals surface area contributed by atoms with E-state index in [9.17, 15) is 0 Å². The van der Waals surface area contributed by atoms with Crippen molar-refractivity contribution in [2.45, 2.75) is 0 Å². The fourth-order valence-electron chi connectivity index (χ4n) is 10.5. The minimum Gasteiger partial charge on any atom is -0.455 e. The second kappa shape index (κ2) is 16.1. The number of benzene rings is 10. The number of furan rings is 1. The summed E-state index contributed by atoms with van der Waals surface area (Å²) in [6.45, 7) is 0. The first kappa shape index (κ1) is 39.7. The van der Waals surface area contributed by atoms with E-state index in [1.165, 1.54) is 21.9 Å². The SMILES string of the molecule is c1ccc(-c2ccc(-c3cc(-c4ccc(-c5cc6c(-c7ccc8c(c7)c7ccccc7n8-c7ccccc7)nc7ccccc7c6c6c5oc5ccccc56)cc4)nc(-c4ccccc4)n3)cc2)cc1. The molecule has 0 amide bonds. The Labute approximate surface area is 403 Å². The van der Waals surface area contributed by atoms with Gasteiger partial charge in [0.15, 0.2) is 5.82 Å².